The lowest BCUT2D eigenvalue weighted by atomic mass is 10.0. The van der Waals surface area contributed by atoms with E-state index in [-0.39, 0.29) is 17.0 Å². The summed E-state index contributed by atoms with van der Waals surface area (Å²) in [6.45, 7) is 2.71. The Hall–Kier alpha value is -1.91. The van der Waals surface area contributed by atoms with Gasteiger partial charge in [-0.3, -0.25) is 9.69 Å². The topological polar surface area (TPSA) is 32.3 Å². The SMILES string of the molecule is O=C(NC1CCCN(Cc2ccccc2)C1)c1ccc(F)cc1Cl. The van der Waals surface area contributed by atoms with Gasteiger partial charge in [0.15, 0.2) is 0 Å². The summed E-state index contributed by atoms with van der Waals surface area (Å²) in [5, 5.41) is 3.17. The van der Waals surface area contributed by atoms with Gasteiger partial charge in [0.05, 0.1) is 10.6 Å². The Morgan fingerprint density at radius 1 is 1.25 bits per heavy atom. The molecule has 1 N–H and O–H groups in total. The van der Waals surface area contributed by atoms with Crippen molar-refractivity contribution in [2.24, 2.45) is 0 Å². The maximum absolute atomic E-state index is 13.1. The molecule has 0 spiro atoms. The zero-order chi connectivity index (χ0) is 16.9. The van der Waals surface area contributed by atoms with Gasteiger partial charge in [-0.05, 0) is 43.1 Å². The summed E-state index contributed by atoms with van der Waals surface area (Å²) in [6.07, 6.45) is 1.98. The molecule has 0 aliphatic carbocycles. The van der Waals surface area contributed by atoms with Gasteiger partial charge < -0.3 is 5.32 Å². The third-order valence-electron chi connectivity index (χ3n) is 4.27. The van der Waals surface area contributed by atoms with Crippen molar-refractivity contribution in [2.75, 3.05) is 13.1 Å². The number of nitrogens with zero attached hydrogens (tertiary/aromatic N) is 1. The van der Waals surface area contributed by atoms with Crippen molar-refractivity contribution in [3.8, 4) is 0 Å². The second-order valence-corrected chi connectivity index (χ2v) is 6.56. The number of nitrogens with one attached hydrogen (secondary N) is 1. The Morgan fingerprint density at radius 3 is 2.79 bits per heavy atom. The average Bonchev–Trinajstić information content (AvgIpc) is 2.56. The zero-order valence-corrected chi connectivity index (χ0v) is 14.1. The molecular weight excluding hydrogens is 327 g/mol. The van der Waals surface area contributed by atoms with E-state index in [0.29, 0.717) is 5.56 Å². The highest BCUT2D eigenvalue weighted by Crippen LogP contribution is 2.19. The normalized spacial score (nSPS) is 18.3. The molecule has 5 heteroatoms. The number of hydrogen-bond acceptors (Lipinski definition) is 2. The van der Waals surface area contributed by atoms with E-state index in [4.69, 9.17) is 11.6 Å². The monoisotopic (exact) mass is 346 g/mol. The summed E-state index contributed by atoms with van der Waals surface area (Å²) < 4.78 is 13.1. The molecule has 1 aliphatic heterocycles. The summed E-state index contributed by atoms with van der Waals surface area (Å²) in [4.78, 5) is 14.7. The first kappa shape index (κ1) is 16.9. The van der Waals surface area contributed by atoms with Crippen molar-refractivity contribution in [2.45, 2.75) is 25.4 Å². The summed E-state index contributed by atoms with van der Waals surface area (Å²) in [7, 11) is 0. The number of benzene rings is 2. The van der Waals surface area contributed by atoms with Crippen LogP contribution >= 0.6 is 11.6 Å². The summed E-state index contributed by atoms with van der Waals surface area (Å²) in [5.41, 5.74) is 1.59. The predicted molar refractivity (Wildman–Crippen MR) is 93.6 cm³/mol. The van der Waals surface area contributed by atoms with Crippen LogP contribution in [-0.4, -0.2) is 29.9 Å². The molecule has 1 atom stereocenters. The minimum atomic E-state index is -0.441. The van der Waals surface area contributed by atoms with E-state index < -0.39 is 5.82 Å². The van der Waals surface area contributed by atoms with Crippen LogP contribution in [0.25, 0.3) is 0 Å². The van der Waals surface area contributed by atoms with Gasteiger partial charge in [0.2, 0.25) is 0 Å². The molecule has 2 aromatic rings. The third-order valence-corrected chi connectivity index (χ3v) is 4.58. The van der Waals surface area contributed by atoms with Crippen molar-refractivity contribution in [3.05, 3.63) is 70.5 Å². The molecule has 1 aliphatic rings. The van der Waals surface area contributed by atoms with Crippen LogP contribution in [0.1, 0.15) is 28.8 Å². The van der Waals surface area contributed by atoms with Gasteiger partial charge in [-0.15, -0.1) is 0 Å². The van der Waals surface area contributed by atoms with Gasteiger partial charge in [0.1, 0.15) is 5.82 Å². The first-order valence-corrected chi connectivity index (χ1v) is 8.52. The highest BCUT2D eigenvalue weighted by molar-refractivity contribution is 6.33. The molecule has 0 bridgehead atoms. The van der Waals surface area contributed by atoms with E-state index in [1.807, 2.05) is 18.2 Å². The lowest BCUT2D eigenvalue weighted by Crippen LogP contribution is -2.47. The second kappa shape index (κ2) is 7.77. The molecule has 0 saturated carbocycles. The molecule has 0 aromatic heterocycles. The highest BCUT2D eigenvalue weighted by atomic mass is 35.5. The maximum Gasteiger partial charge on any atom is 0.253 e. The fourth-order valence-electron chi connectivity index (χ4n) is 3.10. The van der Waals surface area contributed by atoms with E-state index in [1.165, 1.54) is 23.8 Å². The fourth-order valence-corrected chi connectivity index (χ4v) is 3.35. The summed E-state index contributed by atoms with van der Waals surface area (Å²) in [5.74, 6) is -0.685. The first-order chi connectivity index (χ1) is 11.6. The van der Waals surface area contributed by atoms with Gasteiger partial charge in [-0.1, -0.05) is 41.9 Å². The Labute approximate surface area is 146 Å². The molecule has 3 rings (SSSR count). The van der Waals surface area contributed by atoms with E-state index in [9.17, 15) is 9.18 Å². The zero-order valence-electron chi connectivity index (χ0n) is 13.3. The first-order valence-electron chi connectivity index (χ1n) is 8.14. The number of hydrogen-bond donors (Lipinski definition) is 1. The second-order valence-electron chi connectivity index (χ2n) is 6.16. The van der Waals surface area contributed by atoms with Crippen LogP contribution in [0, 0.1) is 5.82 Å². The number of amides is 1. The van der Waals surface area contributed by atoms with Crippen molar-refractivity contribution in [1.29, 1.82) is 0 Å². The molecule has 0 radical (unpaired) electrons. The van der Waals surface area contributed by atoms with E-state index >= 15 is 0 Å². The van der Waals surface area contributed by atoms with E-state index in [0.717, 1.165) is 32.5 Å². The number of rotatable bonds is 4. The Bertz CT molecular complexity index is 708. The molecule has 3 nitrogen and oxygen atoms in total. The molecule has 126 valence electrons. The molecule has 1 fully saturated rings. The fraction of sp³-hybridized carbons (Fsp3) is 0.316. The van der Waals surface area contributed by atoms with Gasteiger partial charge in [-0.25, -0.2) is 4.39 Å². The molecule has 2 aromatic carbocycles. The lowest BCUT2D eigenvalue weighted by Gasteiger charge is -2.33. The average molecular weight is 347 g/mol. The minimum Gasteiger partial charge on any atom is -0.348 e. The van der Waals surface area contributed by atoms with Gasteiger partial charge in [0.25, 0.3) is 5.91 Å². The van der Waals surface area contributed by atoms with Gasteiger partial charge in [0, 0.05) is 19.1 Å². The van der Waals surface area contributed by atoms with Crippen LogP contribution in [0.4, 0.5) is 4.39 Å². The lowest BCUT2D eigenvalue weighted by molar-refractivity contribution is 0.0901. The van der Waals surface area contributed by atoms with Crippen LogP contribution in [0.3, 0.4) is 0 Å². The van der Waals surface area contributed by atoms with Gasteiger partial charge in [-0.2, -0.15) is 0 Å². The van der Waals surface area contributed by atoms with Crippen LogP contribution in [-0.2, 0) is 6.54 Å². The van der Waals surface area contributed by atoms with Gasteiger partial charge >= 0.3 is 0 Å². The number of halogens is 2. The standard InChI is InChI=1S/C19H20ClFN2O/c20-18-11-15(21)8-9-17(18)19(24)22-16-7-4-10-23(13-16)12-14-5-2-1-3-6-14/h1-3,5-6,8-9,11,16H,4,7,10,12-13H2,(H,22,24). The van der Waals surface area contributed by atoms with E-state index in [1.54, 1.807) is 0 Å². The number of carbonyl (C=O) groups is 1. The molecule has 1 amide bonds. The smallest absolute Gasteiger partial charge is 0.253 e. The Kier molecular flexibility index (Phi) is 5.48. The van der Waals surface area contributed by atoms with Crippen molar-refractivity contribution >= 4 is 17.5 Å². The maximum atomic E-state index is 13.1. The summed E-state index contributed by atoms with van der Waals surface area (Å²) in [6, 6.07) is 14.2. The van der Waals surface area contributed by atoms with Crippen molar-refractivity contribution in [3.63, 3.8) is 0 Å². The highest BCUT2D eigenvalue weighted by Gasteiger charge is 2.22. The minimum absolute atomic E-state index is 0.0797. The predicted octanol–water partition coefficient (Wildman–Crippen LogP) is 3.87. The largest absolute Gasteiger partial charge is 0.348 e. The van der Waals surface area contributed by atoms with Crippen molar-refractivity contribution < 1.29 is 9.18 Å². The van der Waals surface area contributed by atoms with Crippen LogP contribution in [0.2, 0.25) is 5.02 Å². The molecule has 1 heterocycles. The Balaban J connectivity index is 1.59. The van der Waals surface area contributed by atoms with Crippen LogP contribution in [0.5, 0.6) is 0 Å². The third kappa shape index (κ3) is 4.34. The molecule has 24 heavy (non-hydrogen) atoms. The van der Waals surface area contributed by atoms with E-state index in [2.05, 4.69) is 22.3 Å². The molecular formula is C19H20ClFN2O. The van der Waals surface area contributed by atoms with Crippen molar-refractivity contribution in [1.82, 2.24) is 10.2 Å². The number of carbonyl (C=O) groups excluding carboxylic acids is 1. The number of piperidine rings is 1. The summed E-state index contributed by atoms with van der Waals surface area (Å²) >= 11 is 5.97. The molecule has 1 saturated heterocycles. The van der Waals surface area contributed by atoms with Crippen LogP contribution < -0.4 is 5.32 Å². The molecule has 1 unspecified atom stereocenters. The number of likely N-dealkylation sites (tertiary alicyclic amines) is 1. The van der Waals surface area contributed by atoms with Crippen LogP contribution in [0.15, 0.2) is 48.5 Å². The quantitative estimate of drug-likeness (QED) is 0.911. The Morgan fingerprint density at radius 2 is 2.04 bits per heavy atom.